The lowest BCUT2D eigenvalue weighted by molar-refractivity contribution is -0.0987. The predicted octanol–water partition coefficient (Wildman–Crippen LogP) is 5.51. The molecule has 0 aliphatic rings. The molecule has 6 nitrogen and oxygen atoms in total. The van der Waals surface area contributed by atoms with E-state index in [4.69, 9.17) is 21.2 Å². The van der Waals surface area contributed by atoms with E-state index < -0.39 is 23.6 Å². The fourth-order valence-corrected chi connectivity index (χ4v) is 2.75. The van der Waals surface area contributed by atoms with E-state index >= 15 is 0 Å². The van der Waals surface area contributed by atoms with Crippen LogP contribution < -0.4 is 10.2 Å². The summed E-state index contributed by atoms with van der Waals surface area (Å²) in [6.45, 7) is 12.6. The lowest BCUT2D eigenvalue weighted by Gasteiger charge is -2.26. The third-order valence-electron chi connectivity index (χ3n) is 3.70. The maximum absolute atomic E-state index is 14.3. The first-order chi connectivity index (χ1) is 15.7. The molecule has 0 saturated carbocycles. The fraction of sp³-hybridized carbons (Fsp3) is 0.375. The van der Waals surface area contributed by atoms with Crippen molar-refractivity contribution in [2.24, 2.45) is 0 Å². The van der Waals surface area contributed by atoms with Crippen molar-refractivity contribution in [2.75, 3.05) is 23.3 Å². The van der Waals surface area contributed by atoms with Gasteiger partial charge in [0.1, 0.15) is 25.2 Å². The number of nitrogens with one attached hydrogen (secondary N) is 1. The van der Waals surface area contributed by atoms with Crippen molar-refractivity contribution in [3.05, 3.63) is 58.6 Å². The molecule has 2 rings (SSSR count). The standard InChI is InChI=1S/C19H21ClF2N2O2.C3H8.2CH2O/c1-3-8-24(11-12(2)25)18-9-13(4-6-17(18)22)19(26)23-14-5-7-16(21)15(20)10-14;1-3-2;2*1-2/h4-7,9-10,12,25H,3,8,11H2,1-2H3,(H,23,26);3H2,1-2H3;2*1H2/t12-;;;/m1.../s1. The Balaban J connectivity index is 0. The van der Waals surface area contributed by atoms with Gasteiger partial charge in [0.25, 0.3) is 5.91 Å². The van der Waals surface area contributed by atoms with Gasteiger partial charge < -0.3 is 24.9 Å². The summed E-state index contributed by atoms with van der Waals surface area (Å²) >= 11 is 5.71. The second kappa shape index (κ2) is 18.7. The normalized spacial score (nSPS) is 10.2. The molecule has 2 aromatic carbocycles. The Morgan fingerprint density at radius 2 is 1.61 bits per heavy atom. The highest BCUT2D eigenvalue weighted by Gasteiger charge is 2.16. The summed E-state index contributed by atoms with van der Waals surface area (Å²) in [5, 5.41) is 12.1. The topological polar surface area (TPSA) is 86.7 Å². The first-order valence-electron chi connectivity index (χ1n) is 10.3. The van der Waals surface area contributed by atoms with Gasteiger partial charge >= 0.3 is 0 Å². The minimum absolute atomic E-state index is 0.103. The van der Waals surface area contributed by atoms with E-state index in [0.29, 0.717) is 12.2 Å². The number of carbonyl (C=O) groups is 3. The van der Waals surface area contributed by atoms with E-state index in [9.17, 15) is 18.7 Å². The number of carbonyl (C=O) groups excluding carboxylic acids is 3. The summed E-state index contributed by atoms with van der Waals surface area (Å²) in [6, 6.07) is 7.86. The third-order valence-corrected chi connectivity index (χ3v) is 3.99. The van der Waals surface area contributed by atoms with Gasteiger partial charge in [-0.2, -0.15) is 0 Å². The Morgan fingerprint density at radius 1 is 1.06 bits per heavy atom. The summed E-state index contributed by atoms with van der Waals surface area (Å²) < 4.78 is 27.5. The molecule has 0 aromatic heterocycles. The summed E-state index contributed by atoms with van der Waals surface area (Å²) in [6.07, 6.45) is 1.37. The minimum Gasteiger partial charge on any atom is -0.392 e. The van der Waals surface area contributed by atoms with E-state index in [1.54, 1.807) is 11.8 Å². The Morgan fingerprint density at radius 3 is 2.09 bits per heavy atom. The zero-order valence-electron chi connectivity index (χ0n) is 19.5. The van der Waals surface area contributed by atoms with Gasteiger partial charge in [0.05, 0.1) is 16.8 Å². The largest absolute Gasteiger partial charge is 0.392 e. The molecule has 184 valence electrons. The molecule has 0 heterocycles. The monoisotopic (exact) mass is 486 g/mol. The van der Waals surface area contributed by atoms with Crippen LogP contribution in [0.4, 0.5) is 20.2 Å². The maximum Gasteiger partial charge on any atom is 0.255 e. The average molecular weight is 487 g/mol. The van der Waals surface area contributed by atoms with Crippen molar-refractivity contribution in [1.82, 2.24) is 0 Å². The molecule has 0 spiro atoms. The minimum atomic E-state index is -0.639. The Kier molecular flexibility index (Phi) is 18.3. The molecule has 0 unspecified atom stereocenters. The van der Waals surface area contributed by atoms with E-state index in [1.165, 1.54) is 36.8 Å². The second-order valence-corrected chi connectivity index (χ2v) is 7.16. The molecular weight excluding hydrogens is 454 g/mol. The third kappa shape index (κ3) is 12.1. The maximum atomic E-state index is 14.3. The molecule has 0 fully saturated rings. The average Bonchev–Trinajstić information content (AvgIpc) is 2.79. The molecule has 0 bridgehead atoms. The molecule has 33 heavy (non-hydrogen) atoms. The number of hydrogen-bond acceptors (Lipinski definition) is 5. The summed E-state index contributed by atoms with van der Waals surface area (Å²) in [5.41, 5.74) is 0.827. The molecule has 2 N–H and O–H groups in total. The smallest absolute Gasteiger partial charge is 0.255 e. The zero-order chi connectivity index (χ0) is 26.0. The first-order valence-corrected chi connectivity index (χ1v) is 10.7. The molecule has 0 radical (unpaired) electrons. The number of rotatable bonds is 7. The summed E-state index contributed by atoms with van der Waals surface area (Å²) in [5.74, 6) is -1.52. The molecule has 2 aromatic rings. The number of nitrogens with zero attached hydrogens (tertiary/aromatic N) is 1. The lowest BCUT2D eigenvalue weighted by Crippen LogP contribution is -2.32. The predicted molar refractivity (Wildman–Crippen MR) is 130 cm³/mol. The molecule has 0 saturated heterocycles. The highest BCUT2D eigenvalue weighted by atomic mass is 35.5. The van der Waals surface area contributed by atoms with Crippen LogP contribution in [0.25, 0.3) is 0 Å². The molecule has 1 amide bonds. The van der Waals surface area contributed by atoms with Crippen LogP contribution in [0.3, 0.4) is 0 Å². The van der Waals surface area contributed by atoms with Crippen molar-refractivity contribution in [3.8, 4) is 0 Å². The van der Waals surface area contributed by atoms with E-state index in [1.807, 2.05) is 20.5 Å². The fourth-order valence-electron chi connectivity index (χ4n) is 2.57. The van der Waals surface area contributed by atoms with Crippen LogP contribution in [0.1, 0.15) is 50.9 Å². The van der Waals surface area contributed by atoms with Crippen LogP contribution >= 0.6 is 11.6 Å². The van der Waals surface area contributed by atoms with Gasteiger partial charge in [0, 0.05) is 24.3 Å². The van der Waals surface area contributed by atoms with Crippen molar-refractivity contribution >= 4 is 42.5 Å². The molecular formula is C24H33ClF2N2O4. The van der Waals surface area contributed by atoms with E-state index in [2.05, 4.69) is 19.2 Å². The van der Waals surface area contributed by atoms with Crippen LogP contribution in [0, 0.1) is 11.6 Å². The van der Waals surface area contributed by atoms with Gasteiger partial charge in [-0.05, 0) is 49.7 Å². The second-order valence-electron chi connectivity index (χ2n) is 6.75. The number of benzene rings is 2. The number of aliphatic hydroxyl groups is 1. The lowest BCUT2D eigenvalue weighted by atomic mass is 10.1. The van der Waals surface area contributed by atoms with Crippen LogP contribution in [0.2, 0.25) is 5.02 Å². The molecule has 1 atom stereocenters. The van der Waals surface area contributed by atoms with Gasteiger partial charge in [-0.3, -0.25) is 4.79 Å². The van der Waals surface area contributed by atoms with Gasteiger partial charge in [-0.25, -0.2) is 8.78 Å². The quantitative estimate of drug-likeness (QED) is 0.538. The summed E-state index contributed by atoms with van der Waals surface area (Å²) in [7, 11) is 0. The molecule has 0 aliphatic carbocycles. The van der Waals surface area contributed by atoms with Crippen molar-refractivity contribution in [1.29, 1.82) is 0 Å². The SMILES string of the molecule is C=O.C=O.CCC.CCCN(C[C@@H](C)O)c1cc(C(=O)Nc2ccc(F)c(Cl)c2)ccc1F. The Hall–Kier alpha value is -2.84. The van der Waals surface area contributed by atoms with Crippen molar-refractivity contribution in [2.45, 2.75) is 46.6 Å². The molecule has 0 aliphatic heterocycles. The van der Waals surface area contributed by atoms with Gasteiger partial charge in [-0.15, -0.1) is 0 Å². The van der Waals surface area contributed by atoms with Gasteiger partial charge in [0.15, 0.2) is 0 Å². The van der Waals surface area contributed by atoms with Crippen LogP contribution in [-0.4, -0.2) is 43.8 Å². The van der Waals surface area contributed by atoms with Gasteiger partial charge in [-0.1, -0.05) is 38.8 Å². The van der Waals surface area contributed by atoms with Crippen LogP contribution in [0.5, 0.6) is 0 Å². The van der Waals surface area contributed by atoms with Crippen LogP contribution in [0.15, 0.2) is 36.4 Å². The Labute approximate surface area is 199 Å². The van der Waals surface area contributed by atoms with Crippen molar-refractivity contribution < 1.29 is 28.3 Å². The summed E-state index contributed by atoms with van der Waals surface area (Å²) in [4.78, 5) is 30.1. The highest BCUT2D eigenvalue weighted by molar-refractivity contribution is 6.31. The number of amides is 1. The van der Waals surface area contributed by atoms with Crippen LogP contribution in [-0.2, 0) is 9.59 Å². The zero-order valence-corrected chi connectivity index (χ0v) is 20.3. The highest BCUT2D eigenvalue weighted by Crippen LogP contribution is 2.24. The first kappa shape index (κ1) is 32.3. The number of halogens is 3. The van der Waals surface area contributed by atoms with E-state index in [0.717, 1.165) is 12.5 Å². The number of anilines is 2. The van der Waals surface area contributed by atoms with E-state index in [-0.39, 0.29) is 22.8 Å². The van der Waals surface area contributed by atoms with Crippen molar-refractivity contribution in [3.63, 3.8) is 0 Å². The number of hydrogen-bond donors (Lipinski definition) is 2. The van der Waals surface area contributed by atoms with Gasteiger partial charge in [0.2, 0.25) is 0 Å². The molecule has 9 heteroatoms. The number of aliphatic hydroxyl groups excluding tert-OH is 1. The Bertz CT molecular complexity index is 836.